The lowest BCUT2D eigenvalue weighted by Crippen LogP contribution is -2.42. The van der Waals surface area contributed by atoms with Crippen molar-refractivity contribution >= 4 is 29.5 Å². The maximum Gasteiger partial charge on any atom is 0.246 e. The smallest absolute Gasteiger partial charge is 0.246 e. The Balaban J connectivity index is 1.96. The van der Waals surface area contributed by atoms with Crippen molar-refractivity contribution in [2.45, 2.75) is 33.1 Å². The highest BCUT2D eigenvalue weighted by Crippen LogP contribution is 2.30. The number of amides is 2. The first-order valence-corrected chi connectivity index (χ1v) is 8.54. The molecule has 1 aliphatic heterocycles. The number of hydrogen-bond acceptors (Lipinski definition) is 3. The summed E-state index contributed by atoms with van der Waals surface area (Å²) in [5.41, 5.74) is 5.76. The van der Waals surface area contributed by atoms with Crippen LogP contribution in [0.25, 0.3) is 6.08 Å². The van der Waals surface area contributed by atoms with Crippen LogP contribution in [0.3, 0.4) is 0 Å². The van der Waals surface area contributed by atoms with Crippen LogP contribution in [0.1, 0.15) is 38.7 Å². The molecule has 24 heavy (non-hydrogen) atoms. The van der Waals surface area contributed by atoms with Crippen molar-refractivity contribution in [3.63, 3.8) is 0 Å². The molecule has 0 aromatic carbocycles. The molecule has 0 bridgehead atoms. The molecule has 0 radical (unpaired) electrons. The van der Waals surface area contributed by atoms with E-state index in [4.69, 9.17) is 17.3 Å². The van der Waals surface area contributed by atoms with Crippen LogP contribution in [0.5, 0.6) is 0 Å². The van der Waals surface area contributed by atoms with Crippen LogP contribution in [0.4, 0.5) is 0 Å². The molecule has 1 aromatic rings. The monoisotopic (exact) mass is 349 g/mol. The summed E-state index contributed by atoms with van der Waals surface area (Å²) in [6, 6.07) is 3.50. The maximum absolute atomic E-state index is 12.4. The minimum absolute atomic E-state index is 0.0236. The minimum atomic E-state index is -0.541. The van der Waals surface area contributed by atoms with E-state index < -0.39 is 5.41 Å². The molecule has 2 rings (SSSR count). The lowest BCUT2D eigenvalue weighted by atomic mass is 9.79. The minimum Gasteiger partial charge on any atom is -0.369 e. The number of rotatable bonds is 5. The summed E-state index contributed by atoms with van der Waals surface area (Å²) in [5, 5.41) is 0.399. The molecule has 0 aliphatic carbocycles. The number of pyridine rings is 1. The Morgan fingerprint density at radius 3 is 2.92 bits per heavy atom. The van der Waals surface area contributed by atoms with E-state index in [9.17, 15) is 9.59 Å². The molecule has 2 amide bonds. The van der Waals surface area contributed by atoms with E-state index in [1.165, 1.54) is 0 Å². The highest BCUT2D eigenvalue weighted by atomic mass is 35.5. The first-order chi connectivity index (χ1) is 11.3. The summed E-state index contributed by atoms with van der Waals surface area (Å²) in [4.78, 5) is 29.7. The van der Waals surface area contributed by atoms with Gasteiger partial charge in [-0.05, 0) is 49.0 Å². The normalized spacial score (nSPS) is 18.8. The number of aromatic nitrogens is 1. The summed E-state index contributed by atoms with van der Waals surface area (Å²) >= 11 is 5.84. The van der Waals surface area contributed by atoms with Crippen molar-refractivity contribution in [3.05, 3.63) is 35.1 Å². The van der Waals surface area contributed by atoms with Gasteiger partial charge in [0.15, 0.2) is 0 Å². The summed E-state index contributed by atoms with van der Waals surface area (Å²) in [5.74, 6) is -0.0149. The third-order valence-electron chi connectivity index (χ3n) is 4.47. The lowest BCUT2D eigenvalue weighted by Gasteiger charge is -2.35. The molecule has 1 saturated heterocycles. The molecule has 6 heteroatoms. The summed E-state index contributed by atoms with van der Waals surface area (Å²) in [6.07, 6.45) is 7.58. The van der Waals surface area contributed by atoms with E-state index in [1.807, 2.05) is 18.7 Å². The molecule has 1 unspecified atom stereocenters. The third kappa shape index (κ3) is 5.06. The molecule has 0 saturated carbocycles. The van der Waals surface area contributed by atoms with Gasteiger partial charge in [-0.2, -0.15) is 0 Å². The van der Waals surface area contributed by atoms with Gasteiger partial charge in [0.2, 0.25) is 11.8 Å². The highest BCUT2D eigenvalue weighted by Gasteiger charge is 2.32. The van der Waals surface area contributed by atoms with Gasteiger partial charge in [0.1, 0.15) is 5.15 Å². The quantitative estimate of drug-likeness (QED) is 0.656. The van der Waals surface area contributed by atoms with Crippen molar-refractivity contribution in [1.29, 1.82) is 0 Å². The predicted octanol–water partition coefficient (Wildman–Crippen LogP) is 2.89. The molecule has 5 nitrogen and oxygen atoms in total. The Hall–Kier alpha value is -1.88. The molecule has 1 aliphatic rings. The van der Waals surface area contributed by atoms with Crippen LogP contribution in [-0.4, -0.2) is 34.8 Å². The predicted molar refractivity (Wildman–Crippen MR) is 95.2 cm³/mol. The first-order valence-electron chi connectivity index (χ1n) is 8.16. The van der Waals surface area contributed by atoms with Crippen LogP contribution in [-0.2, 0) is 9.59 Å². The molecule has 1 aromatic heterocycles. The van der Waals surface area contributed by atoms with Gasteiger partial charge in [0, 0.05) is 30.8 Å². The van der Waals surface area contributed by atoms with Gasteiger partial charge in [0.05, 0.1) is 0 Å². The second kappa shape index (κ2) is 7.79. The summed E-state index contributed by atoms with van der Waals surface area (Å²) in [7, 11) is 0. The Kier molecular flexibility index (Phi) is 5.99. The number of halogens is 1. The van der Waals surface area contributed by atoms with Crippen LogP contribution >= 0.6 is 11.6 Å². The fraction of sp³-hybridized carbons (Fsp3) is 0.500. The molecule has 2 N–H and O–H groups in total. The molecule has 130 valence electrons. The van der Waals surface area contributed by atoms with Crippen molar-refractivity contribution in [2.75, 3.05) is 13.1 Å². The second-order valence-electron chi connectivity index (χ2n) is 6.99. The van der Waals surface area contributed by atoms with Gasteiger partial charge in [-0.3, -0.25) is 9.59 Å². The number of carbonyl (C=O) groups excluding carboxylic acids is 2. The first kappa shape index (κ1) is 18.5. The average molecular weight is 350 g/mol. The van der Waals surface area contributed by atoms with E-state index in [0.717, 1.165) is 24.9 Å². The Labute approximate surface area is 147 Å². The van der Waals surface area contributed by atoms with E-state index in [1.54, 1.807) is 30.5 Å². The van der Waals surface area contributed by atoms with Crippen LogP contribution in [0.2, 0.25) is 5.15 Å². The second-order valence-corrected chi connectivity index (χ2v) is 7.38. The zero-order chi connectivity index (χ0) is 17.7. The van der Waals surface area contributed by atoms with Crippen molar-refractivity contribution in [2.24, 2.45) is 17.1 Å². The SMILES string of the molecule is CC(C)(CC1CCCN(C(=O)C=Cc2ccnc(Cl)c2)C1)C(N)=O. The number of nitrogens with zero attached hydrogens (tertiary/aromatic N) is 2. The van der Waals surface area contributed by atoms with Gasteiger partial charge < -0.3 is 10.6 Å². The standard InChI is InChI=1S/C18H24ClN3O2/c1-18(2,17(20)24)11-14-4-3-9-22(12-14)16(23)6-5-13-7-8-21-15(19)10-13/h5-8,10,14H,3-4,9,11-12H2,1-2H3,(H2,20,24). The number of hydrogen-bond donors (Lipinski definition) is 1. The number of carbonyl (C=O) groups is 2. The fourth-order valence-corrected chi connectivity index (χ4v) is 3.23. The van der Waals surface area contributed by atoms with Crippen molar-refractivity contribution < 1.29 is 9.59 Å². The van der Waals surface area contributed by atoms with Crippen LogP contribution in [0, 0.1) is 11.3 Å². The molecule has 1 fully saturated rings. The van der Waals surface area contributed by atoms with Gasteiger partial charge in [-0.1, -0.05) is 25.4 Å². The number of likely N-dealkylation sites (tertiary alicyclic amines) is 1. The Bertz CT molecular complexity index is 643. The topological polar surface area (TPSA) is 76.3 Å². The van der Waals surface area contributed by atoms with Gasteiger partial charge >= 0.3 is 0 Å². The molecule has 2 heterocycles. The average Bonchev–Trinajstić information content (AvgIpc) is 2.52. The number of nitrogens with two attached hydrogens (primary N) is 1. The lowest BCUT2D eigenvalue weighted by molar-refractivity contribution is -0.129. The van der Waals surface area contributed by atoms with Crippen LogP contribution in [0.15, 0.2) is 24.4 Å². The highest BCUT2D eigenvalue weighted by molar-refractivity contribution is 6.29. The third-order valence-corrected chi connectivity index (χ3v) is 4.67. The van der Waals surface area contributed by atoms with Gasteiger partial charge in [-0.15, -0.1) is 0 Å². The maximum atomic E-state index is 12.4. The van der Waals surface area contributed by atoms with Crippen molar-refractivity contribution in [1.82, 2.24) is 9.88 Å². The number of primary amides is 1. The van der Waals surface area contributed by atoms with Crippen molar-refractivity contribution in [3.8, 4) is 0 Å². The number of piperidine rings is 1. The zero-order valence-electron chi connectivity index (χ0n) is 14.2. The zero-order valence-corrected chi connectivity index (χ0v) is 14.9. The molecule has 0 spiro atoms. The Morgan fingerprint density at radius 1 is 1.50 bits per heavy atom. The van der Waals surface area contributed by atoms with Gasteiger partial charge in [0.25, 0.3) is 0 Å². The Morgan fingerprint density at radius 2 is 2.25 bits per heavy atom. The van der Waals surface area contributed by atoms with Gasteiger partial charge in [-0.25, -0.2) is 4.98 Å². The fourth-order valence-electron chi connectivity index (χ4n) is 3.05. The van der Waals surface area contributed by atoms with Crippen LogP contribution < -0.4 is 5.73 Å². The summed E-state index contributed by atoms with van der Waals surface area (Å²) in [6.45, 7) is 5.14. The molecular formula is C18H24ClN3O2. The van der Waals surface area contributed by atoms with E-state index in [0.29, 0.717) is 24.0 Å². The molecular weight excluding hydrogens is 326 g/mol. The molecule has 1 atom stereocenters. The van der Waals surface area contributed by atoms with E-state index >= 15 is 0 Å². The summed E-state index contributed by atoms with van der Waals surface area (Å²) < 4.78 is 0. The largest absolute Gasteiger partial charge is 0.369 e. The van der Waals surface area contributed by atoms with E-state index in [2.05, 4.69) is 4.98 Å². The van der Waals surface area contributed by atoms with E-state index in [-0.39, 0.29) is 11.8 Å².